The van der Waals surface area contributed by atoms with Crippen molar-refractivity contribution in [3.8, 4) is 0 Å². The summed E-state index contributed by atoms with van der Waals surface area (Å²) in [5, 5.41) is 5.85. The van der Waals surface area contributed by atoms with Gasteiger partial charge in [-0.3, -0.25) is 4.90 Å². The maximum absolute atomic E-state index is 6.02. The number of halogens is 1. The third kappa shape index (κ3) is 2.39. The number of likely N-dealkylation sites (tertiary alicyclic amines) is 1. The summed E-state index contributed by atoms with van der Waals surface area (Å²) in [6.45, 7) is 5.94. The largest absolute Gasteiger partial charge is 0.312 e. The molecule has 3 atom stereocenters. The van der Waals surface area contributed by atoms with Crippen LogP contribution in [0.15, 0.2) is 11.4 Å². The van der Waals surface area contributed by atoms with E-state index in [2.05, 4.69) is 28.6 Å². The molecule has 2 saturated heterocycles. The summed E-state index contributed by atoms with van der Waals surface area (Å²) in [5.74, 6) is 0.861. The number of fused-ring (bicyclic) bond motifs is 1. The van der Waals surface area contributed by atoms with Crippen molar-refractivity contribution in [1.82, 2.24) is 10.2 Å². The van der Waals surface area contributed by atoms with Crippen molar-refractivity contribution in [2.24, 2.45) is 5.92 Å². The van der Waals surface area contributed by atoms with E-state index in [1.165, 1.54) is 38.0 Å². The summed E-state index contributed by atoms with van der Waals surface area (Å²) in [6, 6.07) is 3.35. The molecular formula is C13H19ClN2S. The quantitative estimate of drug-likeness (QED) is 0.888. The van der Waals surface area contributed by atoms with Crippen LogP contribution in [0.25, 0.3) is 0 Å². The number of thiophene rings is 1. The van der Waals surface area contributed by atoms with Gasteiger partial charge in [-0.2, -0.15) is 0 Å². The number of nitrogens with zero attached hydrogens (tertiary/aromatic N) is 1. The summed E-state index contributed by atoms with van der Waals surface area (Å²) in [6.07, 6.45) is 2.74. The van der Waals surface area contributed by atoms with Crippen molar-refractivity contribution < 1.29 is 0 Å². The summed E-state index contributed by atoms with van der Waals surface area (Å²) < 4.78 is 0.904. The fourth-order valence-electron chi connectivity index (χ4n) is 3.15. The van der Waals surface area contributed by atoms with Crippen LogP contribution < -0.4 is 5.32 Å². The lowest BCUT2D eigenvalue weighted by Crippen LogP contribution is -2.40. The van der Waals surface area contributed by atoms with Crippen LogP contribution in [-0.2, 0) is 0 Å². The van der Waals surface area contributed by atoms with Crippen LogP contribution in [0.3, 0.4) is 0 Å². The Morgan fingerprint density at radius 3 is 3.12 bits per heavy atom. The lowest BCUT2D eigenvalue weighted by molar-refractivity contribution is 0.251. The molecule has 2 nitrogen and oxygen atoms in total. The standard InChI is InChI=1S/C13H19ClN2S/c1-9(11-5-13(14)17-8-11)16-6-10-3-2-4-15-12(10)7-16/h5,8-10,12,15H,2-4,6-7H2,1H3. The molecule has 1 aromatic rings. The van der Waals surface area contributed by atoms with Crippen molar-refractivity contribution in [3.05, 3.63) is 21.3 Å². The van der Waals surface area contributed by atoms with E-state index in [1.807, 2.05) is 0 Å². The number of piperidine rings is 1. The van der Waals surface area contributed by atoms with Crippen molar-refractivity contribution in [2.45, 2.75) is 31.8 Å². The molecule has 0 aromatic carbocycles. The Bertz CT molecular complexity index is 379. The smallest absolute Gasteiger partial charge is 0.0931 e. The first-order valence-corrected chi connectivity index (χ1v) is 7.71. The highest BCUT2D eigenvalue weighted by Gasteiger charge is 2.36. The average Bonchev–Trinajstić information content (AvgIpc) is 2.93. The highest BCUT2D eigenvalue weighted by atomic mass is 35.5. The molecule has 3 rings (SSSR count). The summed E-state index contributed by atoms with van der Waals surface area (Å²) in [5.41, 5.74) is 1.37. The Balaban J connectivity index is 1.69. The molecule has 3 unspecified atom stereocenters. The van der Waals surface area contributed by atoms with Crippen LogP contribution in [0.4, 0.5) is 0 Å². The van der Waals surface area contributed by atoms with E-state index in [1.54, 1.807) is 11.3 Å². The van der Waals surface area contributed by atoms with Gasteiger partial charge in [0.15, 0.2) is 0 Å². The molecule has 0 saturated carbocycles. The Labute approximate surface area is 112 Å². The van der Waals surface area contributed by atoms with Crippen LogP contribution in [0, 0.1) is 5.92 Å². The second kappa shape index (κ2) is 4.88. The number of hydrogen-bond donors (Lipinski definition) is 1. The third-order valence-corrected chi connectivity index (χ3v) is 5.35. The van der Waals surface area contributed by atoms with Crippen LogP contribution in [0.5, 0.6) is 0 Å². The van der Waals surface area contributed by atoms with Gasteiger partial charge in [-0.15, -0.1) is 11.3 Å². The van der Waals surface area contributed by atoms with Gasteiger partial charge in [0, 0.05) is 25.2 Å². The predicted octanol–water partition coefficient (Wildman–Crippen LogP) is 3.15. The highest BCUT2D eigenvalue weighted by molar-refractivity contribution is 7.14. The summed E-state index contributed by atoms with van der Waals surface area (Å²) >= 11 is 7.66. The third-order valence-electron chi connectivity index (χ3n) is 4.25. The van der Waals surface area contributed by atoms with E-state index >= 15 is 0 Å². The molecule has 2 fully saturated rings. The number of hydrogen-bond acceptors (Lipinski definition) is 3. The van der Waals surface area contributed by atoms with Gasteiger partial charge < -0.3 is 5.32 Å². The SMILES string of the molecule is CC(c1csc(Cl)c1)N1CC2CCCNC2C1. The molecule has 94 valence electrons. The van der Waals surface area contributed by atoms with Gasteiger partial charge in [0.25, 0.3) is 0 Å². The van der Waals surface area contributed by atoms with Gasteiger partial charge >= 0.3 is 0 Å². The Hall–Kier alpha value is -0.0900. The second-order valence-electron chi connectivity index (χ2n) is 5.28. The minimum atomic E-state index is 0.506. The first-order valence-electron chi connectivity index (χ1n) is 6.45. The zero-order chi connectivity index (χ0) is 11.8. The molecule has 1 aromatic heterocycles. The molecule has 0 bridgehead atoms. The van der Waals surface area contributed by atoms with Gasteiger partial charge in [0.05, 0.1) is 4.34 Å². The molecule has 4 heteroatoms. The maximum Gasteiger partial charge on any atom is 0.0931 e. The monoisotopic (exact) mass is 270 g/mol. The molecule has 0 aliphatic carbocycles. The molecular weight excluding hydrogens is 252 g/mol. The lowest BCUT2D eigenvalue weighted by Gasteiger charge is -2.25. The molecule has 0 amide bonds. The Morgan fingerprint density at radius 1 is 1.53 bits per heavy atom. The predicted molar refractivity (Wildman–Crippen MR) is 73.8 cm³/mol. The van der Waals surface area contributed by atoms with Crippen LogP contribution >= 0.6 is 22.9 Å². The topological polar surface area (TPSA) is 15.3 Å². The zero-order valence-electron chi connectivity index (χ0n) is 10.2. The van der Waals surface area contributed by atoms with E-state index in [4.69, 9.17) is 11.6 Å². The van der Waals surface area contributed by atoms with E-state index in [0.29, 0.717) is 6.04 Å². The van der Waals surface area contributed by atoms with Crippen LogP contribution in [-0.4, -0.2) is 30.6 Å². The van der Waals surface area contributed by atoms with Gasteiger partial charge in [0.2, 0.25) is 0 Å². The first kappa shape index (κ1) is 12.0. The fraction of sp³-hybridized carbons (Fsp3) is 0.692. The van der Waals surface area contributed by atoms with E-state index in [9.17, 15) is 0 Å². The van der Waals surface area contributed by atoms with Crippen molar-refractivity contribution in [3.63, 3.8) is 0 Å². The zero-order valence-corrected chi connectivity index (χ0v) is 11.7. The molecule has 0 radical (unpaired) electrons. The average molecular weight is 271 g/mol. The molecule has 1 N–H and O–H groups in total. The minimum Gasteiger partial charge on any atom is -0.312 e. The van der Waals surface area contributed by atoms with Gasteiger partial charge in [-0.05, 0) is 49.2 Å². The van der Waals surface area contributed by atoms with Crippen LogP contribution in [0.1, 0.15) is 31.4 Å². The second-order valence-corrected chi connectivity index (χ2v) is 6.82. The first-order chi connectivity index (χ1) is 8.24. The summed E-state index contributed by atoms with van der Waals surface area (Å²) in [7, 11) is 0. The van der Waals surface area contributed by atoms with Crippen LogP contribution in [0.2, 0.25) is 4.34 Å². The highest BCUT2D eigenvalue weighted by Crippen LogP contribution is 2.33. The number of nitrogens with one attached hydrogen (secondary N) is 1. The van der Waals surface area contributed by atoms with Gasteiger partial charge in [0.1, 0.15) is 0 Å². The minimum absolute atomic E-state index is 0.506. The van der Waals surface area contributed by atoms with E-state index in [-0.39, 0.29) is 0 Å². The molecule has 17 heavy (non-hydrogen) atoms. The van der Waals surface area contributed by atoms with E-state index in [0.717, 1.165) is 16.3 Å². The molecule has 2 aliphatic heterocycles. The van der Waals surface area contributed by atoms with Crippen molar-refractivity contribution >= 4 is 22.9 Å². The fourth-order valence-corrected chi connectivity index (χ4v) is 4.13. The van der Waals surface area contributed by atoms with Gasteiger partial charge in [-0.25, -0.2) is 0 Å². The Morgan fingerprint density at radius 2 is 2.41 bits per heavy atom. The number of rotatable bonds is 2. The lowest BCUT2D eigenvalue weighted by atomic mass is 9.94. The van der Waals surface area contributed by atoms with E-state index < -0.39 is 0 Å². The van der Waals surface area contributed by atoms with Crippen molar-refractivity contribution in [1.29, 1.82) is 0 Å². The summed E-state index contributed by atoms with van der Waals surface area (Å²) in [4.78, 5) is 2.60. The normalized spacial score (nSPS) is 31.4. The maximum atomic E-state index is 6.02. The Kier molecular flexibility index (Phi) is 3.44. The molecule has 2 aliphatic rings. The van der Waals surface area contributed by atoms with Crippen molar-refractivity contribution in [2.75, 3.05) is 19.6 Å². The molecule has 0 spiro atoms. The molecule has 3 heterocycles. The van der Waals surface area contributed by atoms with Gasteiger partial charge in [-0.1, -0.05) is 11.6 Å².